The van der Waals surface area contributed by atoms with Gasteiger partial charge >= 0.3 is 0 Å². The van der Waals surface area contributed by atoms with Crippen LogP contribution in [0, 0.1) is 5.92 Å². The quantitative estimate of drug-likeness (QED) is 0.623. The van der Waals surface area contributed by atoms with E-state index in [2.05, 4.69) is 5.32 Å². The van der Waals surface area contributed by atoms with E-state index in [0.29, 0.717) is 24.2 Å². The first-order valence-corrected chi connectivity index (χ1v) is 6.00. The molecule has 0 spiro atoms. The van der Waals surface area contributed by atoms with Crippen LogP contribution in [0.5, 0.6) is 0 Å². The van der Waals surface area contributed by atoms with E-state index in [4.69, 9.17) is 4.74 Å². The number of rotatable bonds is 3. The molecule has 70 valence electrons. The van der Waals surface area contributed by atoms with Gasteiger partial charge in [-0.3, -0.25) is 0 Å². The summed E-state index contributed by atoms with van der Waals surface area (Å²) in [5.41, 5.74) is 0. The van der Waals surface area contributed by atoms with E-state index < -0.39 is 9.84 Å². The summed E-state index contributed by atoms with van der Waals surface area (Å²) in [4.78, 5) is 0. The van der Waals surface area contributed by atoms with Gasteiger partial charge in [-0.1, -0.05) is 0 Å². The highest BCUT2D eigenvalue weighted by Crippen LogP contribution is 2.19. The maximum atomic E-state index is 10.8. The lowest BCUT2D eigenvalue weighted by molar-refractivity contribution is 0.00382. The number of hydrogen-bond acceptors (Lipinski definition) is 4. The lowest BCUT2D eigenvalue weighted by atomic mass is 10.2. The Kier molecular flexibility index (Phi) is 2.10. The van der Waals surface area contributed by atoms with Crippen molar-refractivity contribution in [3.8, 4) is 0 Å². The first kappa shape index (κ1) is 8.47. The van der Waals surface area contributed by atoms with E-state index in [9.17, 15) is 8.42 Å². The molecule has 2 heterocycles. The number of hydrogen-bond donors (Lipinski definition) is 1. The standard InChI is InChI=1S/C7H13NO3S/c9-12(10)4-6(5-12)3-11-7-1-8-2-7/h6-8H,1-5H2. The zero-order chi connectivity index (χ0) is 8.60. The van der Waals surface area contributed by atoms with Crippen LogP contribution in [0.3, 0.4) is 0 Å². The molecule has 2 aliphatic rings. The third kappa shape index (κ3) is 1.78. The van der Waals surface area contributed by atoms with Crippen molar-refractivity contribution >= 4 is 9.84 Å². The first-order valence-electron chi connectivity index (χ1n) is 4.18. The highest BCUT2D eigenvalue weighted by atomic mass is 32.2. The molecule has 0 saturated carbocycles. The second kappa shape index (κ2) is 2.97. The minimum atomic E-state index is -2.66. The summed E-state index contributed by atoms with van der Waals surface area (Å²) < 4.78 is 27.0. The zero-order valence-corrected chi connectivity index (χ0v) is 7.64. The van der Waals surface area contributed by atoms with E-state index in [-0.39, 0.29) is 5.92 Å². The van der Waals surface area contributed by atoms with Crippen LogP contribution in [-0.4, -0.2) is 45.7 Å². The Morgan fingerprint density at radius 3 is 2.42 bits per heavy atom. The summed E-state index contributed by atoms with van der Waals surface area (Å²) in [6.07, 6.45) is 0.327. The Labute approximate surface area is 72.2 Å². The molecule has 1 N–H and O–H groups in total. The van der Waals surface area contributed by atoms with Crippen molar-refractivity contribution in [1.29, 1.82) is 0 Å². The Morgan fingerprint density at radius 2 is 2.00 bits per heavy atom. The Hall–Kier alpha value is -0.130. The van der Waals surface area contributed by atoms with Crippen molar-refractivity contribution in [3.63, 3.8) is 0 Å². The fraction of sp³-hybridized carbons (Fsp3) is 1.00. The lowest BCUT2D eigenvalue weighted by Gasteiger charge is -2.31. The van der Waals surface area contributed by atoms with Gasteiger partial charge in [0.25, 0.3) is 0 Å². The van der Waals surface area contributed by atoms with E-state index in [0.717, 1.165) is 13.1 Å². The summed E-state index contributed by atoms with van der Waals surface area (Å²) in [7, 11) is -2.66. The van der Waals surface area contributed by atoms with Crippen molar-refractivity contribution < 1.29 is 13.2 Å². The van der Waals surface area contributed by atoms with Crippen molar-refractivity contribution in [1.82, 2.24) is 5.32 Å². The van der Waals surface area contributed by atoms with Gasteiger partial charge in [-0.25, -0.2) is 8.42 Å². The monoisotopic (exact) mass is 191 g/mol. The van der Waals surface area contributed by atoms with Crippen LogP contribution in [0.25, 0.3) is 0 Å². The predicted molar refractivity (Wildman–Crippen MR) is 44.8 cm³/mol. The van der Waals surface area contributed by atoms with Gasteiger partial charge in [0.2, 0.25) is 0 Å². The molecule has 2 rings (SSSR count). The molecule has 0 aromatic carbocycles. The molecule has 0 radical (unpaired) electrons. The van der Waals surface area contributed by atoms with Gasteiger partial charge in [0, 0.05) is 19.0 Å². The Bertz CT molecular complexity index is 246. The second-order valence-electron chi connectivity index (χ2n) is 3.56. The first-order chi connectivity index (χ1) is 5.66. The summed E-state index contributed by atoms with van der Waals surface area (Å²) in [6.45, 7) is 2.45. The fourth-order valence-electron chi connectivity index (χ4n) is 1.42. The van der Waals surface area contributed by atoms with Crippen LogP contribution in [0.1, 0.15) is 0 Å². The Morgan fingerprint density at radius 1 is 1.33 bits per heavy atom. The van der Waals surface area contributed by atoms with Gasteiger partial charge in [0.1, 0.15) is 0 Å². The summed E-state index contributed by atoms with van der Waals surface area (Å²) in [5, 5.41) is 3.09. The smallest absolute Gasteiger partial charge is 0.151 e. The van der Waals surface area contributed by atoms with Crippen LogP contribution in [-0.2, 0) is 14.6 Å². The van der Waals surface area contributed by atoms with Crippen LogP contribution in [0.4, 0.5) is 0 Å². The molecule has 0 amide bonds. The van der Waals surface area contributed by atoms with Crippen molar-refractivity contribution in [2.45, 2.75) is 6.10 Å². The van der Waals surface area contributed by atoms with E-state index >= 15 is 0 Å². The average Bonchev–Trinajstić information content (AvgIpc) is 1.79. The second-order valence-corrected chi connectivity index (χ2v) is 5.71. The molecule has 0 unspecified atom stereocenters. The molecule has 0 aliphatic carbocycles. The summed E-state index contributed by atoms with van der Waals surface area (Å²) in [6, 6.07) is 0. The van der Waals surface area contributed by atoms with Crippen molar-refractivity contribution in [2.75, 3.05) is 31.2 Å². The molecule has 2 fully saturated rings. The topological polar surface area (TPSA) is 55.4 Å². The minimum Gasteiger partial charge on any atom is -0.375 e. The largest absolute Gasteiger partial charge is 0.375 e. The molecular weight excluding hydrogens is 178 g/mol. The molecule has 0 aromatic rings. The van der Waals surface area contributed by atoms with Crippen molar-refractivity contribution in [3.05, 3.63) is 0 Å². The van der Waals surface area contributed by atoms with Crippen LogP contribution >= 0.6 is 0 Å². The molecule has 0 bridgehead atoms. The highest BCUT2D eigenvalue weighted by molar-refractivity contribution is 7.92. The predicted octanol–water partition coefficient (Wildman–Crippen LogP) is -0.981. The normalized spacial score (nSPS) is 29.3. The van der Waals surface area contributed by atoms with Gasteiger partial charge in [-0.15, -0.1) is 0 Å². The SMILES string of the molecule is O=S1(=O)CC(COC2CNC2)C1. The molecule has 2 saturated heterocycles. The molecule has 12 heavy (non-hydrogen) atoms. The van der Waals surface area contributed by atoms with Gasteiger partial charge in [-0.2, -0.15) is 0 Å². The number of nitrogens with one attached hydrogen (secondary N) is 1. The number of ether oxygens (including phenoxy) is 1. The highest BCUT2D eigenvalue weighted by Gasteiger charge is 2.34. The molecule has 0 aromatic heterocycles. The summed E-state index contributed by atoms with van der Waals surface area (Å²) in [5.74, 6) is 0.913. The van der Waals surface area contributed by atoms with Crippen LogP contribution in [0.15, 0.2) is 0 Å². The van der Waals surface area contributed by atoms with Gasteiger partial charge in [0.15, 0.2) is 9.84 Å². The van der Waals surface area contributed by atoms with E-state index in [1.807, 2.05) is 0 Å². The van der Waals surface area contributed by atoms with Gasteiger partial charge in [0.05, 0.1) is 24.2 Å². The fourth-order valence-corrected chi connectivity index (χ4v) is 2.95. The lowest BCUT2D eigenvalue weighted by Crippen LogP contribution is -2.50. The molecule has 2 aliphatic heterocycles. The Balaban J connectivity index is 1.63. The van der Waals surface area contributed by atoms with E-state index in [1.54, 1.807) is 0 Å². The van der Waals surface area contributed by atoms with Crippen LogP contribution in [0.2, 0.25) is 0 Å². The third-order valence-electron chi connectivity index (χ3n) is 2.29. The molecule has 4 nitrogen and oxygen atoms in total. The van der Waals surface area contributed by atoms with Gasteiger partial charge in [-0.05, 0) is 0 Å². The average molecular weight is 191 g/mol. The van der Waals surface area contributed by atoms with Crippen LogP contribution < -0.4 is 5.32 Å². The van der Waals surface area contributed by atoms with Crippen molar-refractivity contribution in [2.24, 2.45) is 5.92 Å². The maximum Gasteiger partial charge on any atom is 0.151 e. The molecule has 0 atom stereocenters. The maximum absolute atomic E-state index is 10.8. The molecule has 5 heteroatoms. The third-order valence-corrected chi connectivity index (χ3v) is 4.25. The number of sulfone groups is 1. The summed E-state index contributed by atoms with van der Waals surface area (Å²) >= 11 is 0. The zero-order valence-electron chi connectivity index (χ0n) is 6.82. The minimum absolute atomic E-state index is 0.260. The van der Waals surface area contributed by atoms with E-state index in [1.165, 1.54) is 0 Å². The van der Waals surface area contributed by atoms with Gasteiger partial charge < -0.3 is 10.1 Å². The molecular formula is C7H13NO3S.